The molecule has 0 bridgehead atoms. The lowest BCUT2D eigenvalue weighted by molar-refractivity contribution is -0.371. The van der Waals surface area contributed by atoms with Crippen LogP contribution >= 0.6 is 0 Å². The Bertz CT molecular complexity index is 605. The molecule has 0 aliphatic carbocycles. The summed E-state index contributed by atoms with van der Waals surface area (Å²) in [6.07, 6.45) is 5.14. The highest BCUT2D eigenvalue weighted by Gasteiger charge is 2.39. The number of esters is 1. The largest absolute Gasteiger partial charge is 0.478 e. The summed E-state index contributed by atoms with van der Waals surface area (Å²) in [6, 6.07) is 5.90. The van der Waals surface area contributed by atoms with E-state index in [1.165, 1.54) is 12.1 Å². The molecule has 0 radical (unpaired) electrons. The number of unbranched alkanes of at least 4 members (excludes halogenated alkanes) is 3. The van der Waals surface area contributed by atoms with Gasteiger partial charge in [0.2, 0.25) is 0 Å². The maximum absolute atomic E-state index is 12.8. The fraction of sp³-hybridized carbons (Fsp3) is 0.636. The molecule has 0 unspecified atom stereocenters. The first-order valence-electron chi connectivity index (χ1n) is 10.4. The number of carbonyl (C=O) groups excluding carboxylic acids is 1. The van der Waals surface area contributed by atoms with Gasteiger partial charge in [-0.25, -0.2) is 9.59 Å². The van der Waals surface area contributed by atoms with E-state index in [1.807, 2.05) is 13.8 Å². The first-order chi connectivity index (χ1) is 14.0. The van der Waals surface area contributed by atoms with Crippen molar-refractivity contribution in [3.63, 3.8) is 0 Å². The Morgan fingerprint density at radius 1 is 0.862 bits per heavy atom. The van der Waals surface area contributed by atoms with E-state index in [-0.39, 0.29) is 17.7 Å². The summed E-state index contributed by atoms with van der Waals surface area (Å²) in [5.41, 5.74) is -0.198. The van der Waals surface area contributed by atoms with Crippen LogP contribution in [0.15, 0.2) is 24.3 Å². The Hall–Kier alpha value is -1.96. The topological polar surface area (TPSA) is 91.3 Å². The lowest BCUT2D eigenvalue weighted by Crippen LogP contribution is -2.46. The number of carboxylic acid groups (broad SMARTS) is 1. The Kier molecular flexibility index (Phi) is 12.2. The minimum atomic E-state index is -1.71. The normalized spacial score (nSPS) is 11.4. The minimum absolute atomic E-state index is 0.0592. The maximum Gasteiger partial charge on any atom is 0.354 e. The molecule has 0 fully saturated rings. The molecule has 1 aromatic rings. The number of carbonyl (C=O) groups is 2. The third kappa shape index (κ3) is 8.94. The highest BCUT2D eigenvalue weighted by atomic mass is 16.9. The predicted molar refractivity (Wildman–Crippen MR) is 109 cm³/mol. The number of ether oxygens (including phenoxy) is 4. The molecule has 0 aromatic heterocycles. The molecule has 0 saturated carbocycles. The summed E-state index contributed by atoms with van der Waals surface area (Å²) in [6.45, 7) is 7.15. The number of aromatic carboxylic acids is 1. The van der Waals surface area contributed by atoms with Crippen LogP contribution in [0.3, 0.4) is 0 Å². The number of hydrogen-bond donors (Lipinski definition) is 1. The predicted octanol–water partition coefficient (Wildman–Crippen LogP) is 4.65. The second-order valence-electron chi connectivity index (χ2n) is 6.73. The van der Waals surface area contributed by atoms with E-state index in [0.717, 1.165) is 38.5 Å². The van der Waals surface area contributed by atoms with E-state index in [4.69, 9.17) is 18.9 Å². The van der Waals surface area contributed by atoms with Gasteiger partial charge >= 0.3 is 17.9 Å². The van der Waals surface area contributed by atoms with Gasteiger partial charge in [-0.05, 0) is 31.4 Å². The number of benzene rings is 1. The van der Waals surface area contributed by atoms with Crippen LogP contribution in [0.25, 0.3) is 0 Å². The van der Waals surface area contributed by atoms with Crippen molar-refractivity contribution in [1.82, 2.24) is 0 Å². The SMILES string of the molecule is CCCCOCC(OCCCC)(OCCCC)OC(=O)c1ccccc1C(=O)O. The monoisotopic (exact) mass is 410 g/mol. The second kappa shape index (κ2) is 14.1. The van der Waals surface area contributed by atoms with E-state index in [9.17, 15) is 14.7 Å². The summed E-state index contributed by atoms with van der Waals surface area (Å²) < 4.78 is 23.0. The smallest absolute Gasteiger partial charge is 0.354 e. The second-order valence-corrected chi connectivity index (χ2v) is 6.73. The molecule has 29 heavy (non-hydrogen) atoms. The van der Waals surface area contributed by atoms with Gasteiger partial charge in [-0.3, -0.25) is 0 Å². The van der Waals surface area contributed by atoms with Gasteiger partial charge < -0.3 is 24.1 Å². The molecule has 0 atom stereocenters. The fourth-order valence-electron chi connectivity index (χ4n) is 2.44. The van der Waals surface area contributed by atoms with E-state index in [1.54, 1.807) is 12.1 Å². The minimum Gasteiger partial charge on any atom is -0.478 e. The van der Waals surface area contributed by atoms with Crippen molar-refractivity contribution < 1.29 is 33.6 Å². The fourth-order valence-corrected chi connectivity index (χ4v) is 2.44. The first kappa shape index (κ1) is 25.1. The number of hydrogen-bond acceptors (Lipinski definition) is 6. The Morgan fingerprint density at radius 2 is 1.38 bits per heavy atom. The molecule has 0 aliphatic rings. The van der Waals surface area contributed by atoms with Gasteiger partial charge in [0, 0.05) is 6.61 Å². The average Bonchev–Trinajstić information content (AvgIpc) is 2.71. The molecule has 0 saturated heterocycles. The van der Waals surface area contributed by atoms with Crippen molar-refractivity contribution in [2.75, 3.05) is 26.4 Å². The van der Waals surface area contributed by atoms with Gasteiger partial charge in [0.25, 0.3) is 0 Å². The highest BCUT2D eigenvalue weighted by Crippen LogP contribution is 2.22. The quantitative estimate of drug-likeness (QED) is 0.241. The number of carboxylic acids is 1. The number of rotatable bonds is 16. The zero-order chi connectivity index (χ0) is 21.5. The Balaban J connectivity index is 3.06. The van der Waals surface area contributed by atoms with Crippen LogP contribution in [0.1, 0.15) is 80.0 Å². The van der Waals surface area contributed by atoms with Gasteiger partial charge in [-0.1, -0.05) is 52.2 Å². The molecular weight excluding hydrogens is 376 g/mol. The molecular formula is C22H34O7. The average molecular weight is 411 g/mol. The summed E-state index contributed by atoms with van der Waals surface area (Å²) in [4.78, 5) is 24.3. The maximum atomic E-state index is 12.8. The van der Waals surface area contributed by atoms with Crippen LogP contribution in [-0.4, -0.2) is 49.4 Å². The Labute approximate surface area is 173 Å². The first-order valence-corrected chi connectivity index (χ1v) is 10.4. The van der Waals surface area contributed by atoms with Crippen molar-refractivity contribution in [2.24, 2.45) is 0 Å². The van der Waals surface area contributed by atoms with E-state index < -0.39 is 17.9 Å². The molecule has 0 aliphatic heterocycles. The summed E-state index contributed by atoms with van der Waals surface area (Å²) >= 11 is 0. The van der Waals surface area contributed by atoms with Crippen molar-refractivity contribution in [1.29, 1.82) is 0 Å². The van der Waals surface area contributed by atoms with Crippen molar-refractivity contribution >= 4 is 11.9 Å². The van der Waals surface area contributed by atoms with Gasteiger partial charge in [-0.2, -0.15) is 0 Å². The highest BCUT2D eigenvalue weighted by molar-refractivity contribution is 6.02. The lowest BCUT2D eigenvalue weighted by atomic mass is 10.1. The van der Waals surface area contributed by atoms with Gasteiger partial charge in [0.1, 0.15) is 6.61 Å². The summed E-state index contributed by atoms with van der Waals surface area (Å²) in [5, 5.41) is 9.37. The van der Waals surface area contributed by atoms with Crippen molar-refractivity contribution in [2.45, 2.75) is 65.3 Å². The Morgan fingerprint density at radius 3 is 1.90 bits per heavy atom. The van der Waals surface area contributed by atoms with Crippen LogP contribution in [0.2, 0.25) is 0 Å². The standard InChI is InChI=1S/C22H34O7/c1-4-7-14-26-17-22(27-15-8-5-2,28-16-9-6-3)29-21(25)19-13-11-10-12-18(19)20(23)24/h10-13H,4-9,14-17H2,1-3H3,(H,23,24). The van der Waals surface area contributed by atoms with Crippen molar-refractivity contribution in [3.05, 3.63) is 35.4 Å². The van der Waals surface area contributed by atoms with E-state index >= 15 is 0 Å². The summed E-state index contributed by atoms with van der Waals surface area (Å²) in [7, 11) is 0. The van der Waals surface area contributed by atoms with Gasteiger partial charge in [0.05, 0.1) is 24.3 Å². The van der Waals surface area contributed by atoms with E-state index in [0.29, 0.717) is 19.8 Å². The molecule has 1 rings (SSSR count). The zero-order valence-electron chi connectivity index (χ0n) is 17.8. The van der Waals surface area contributed by atoms with Crippen LogP contribution in [0, 0.1) is 0 Å². The van der Waals surface area contributed by atoms with Crippen LogP contribution in [-0.2, 0) is 18.9 Å². The zero-order valence-corrected chi connectivity index (χ0v) is 17.8. The molecule has 7 nitrogen and oxygen atoms in total. The molecule has 0 heterocycles. The summed E-state index contributed by atoms with van der Waals surface area (Å²) in [5.74, 6) is -3.74. The van der Waals surface area contributed by atoms with Crippen LogP contribution in [0.4, 0.5) is 0 Å². The van der Waals surface area contributed by atoms with Crippen molar-refractivity contribution in [3.8, 4) is 0 Å². The van der Waals surface area contributed by atoms with E-state index in [2.05, 4.69) is 6.92 Å². The molecule has 1 N–H and O–H groups in total. The molecule has 0 amide bonds. The molecule has 0 spiro atoms. The third-order valence-corrected chi connectivity index (χ3v) is 4.19. The van der Waals surface area contributed by atoms with Gasteiger partial charge in [0.15, 0.2) is 0 Å². The van der Waals surface area contributed by atoms with Crippen LogP contribution in [0.5, 0.6) is 0 Å². The molecule has 164 valence electrons. The lowest BCUT2D eigenvalue weighted by Gasteiger charge is -2.32. The molecule has 7 heteroatoms. The van der Waals surface area contributed by atoms with Gasteiger partial charge in [-0.15, -0.1) is 0 Å². The van der Waals surface area contributed by atoms with Crippen LogP contribution < -0.4 is 0 Å². The third-order valence-electron chi connectivity index (χ3n) is 4.19. The molecule has 1 aromatic carbocycles.